The Balaban J connectivity index is 1.97. The van der Waals surface area contributed by atoms with Crippen molar-refractivity contribution in [3.63, 3.8) is 0 Å². The van der Waals surface area contributed by atoms with Crippen molar-refractivity contribution in [2.75, 3.05) is 13.7 Å². The van der Waals surface area contributed by atoms with Crippen molar-refractivity contribution in [2.45, 2.75) is 38.3 Å². The molecule has 1 N–H and O–H groups in total. The molecular formula is C22H28O4. The normalized spacial score (nSPS) is 14.4. The topological polar surface area (TPSA) is 47.9 Å². The van der Waals surface area contributed by atoms with E-state index in [1.807, 2.05) is 61.5 Å². The van der Waals surface area contributed by atoms with Crippen LogP contribution in [0.25, 0.3) is 0 Å². The first-order valence-electron chi connectivity index (χ1n) is 8.83. The summed E-state index contributed by atoms with van der Waals surface area (Å²) < 4.78 is 16.8. The Morgan fingerprint density at radius 3 is 2.31 bits per heavy atom. The summed E-state index contributed by atoms with van der Waals surface area (Å²) in [5.74, 6) is 0.803. The van der Waals surface area contributed by atoms with Crippen molar-refractivity contribution < 1.29 is 19.3 Å². The van der Waals surface area contributed by atoms with Gasteiger partial charge in [0.25, 0.3) is 0 Å². The molecule has 0 bridgehead atoms. The molecule has 0 heterocycles. The van der Waals surface area contributed by atoms with Gasteiger partial charge in [0.15, 0.2) is 0 Å². The van der Waals surface area contributed by atoms with E-state index >= 15 is 0 Å². The van der Waals surface area contributed by atoms with E-state index < -0.39 is 6.10 Å². The number of rotatable bonds is 11. The predicted octanol–water partition coefficient (Wildman–Crippen LogP) is 3.78. The summed E-state index contributed by atoms with van der Waals surface area (Å²) in [4.78, 5) is 0. The standard InChI is InChI=1S/C22H28O4/c1-4-14-25-21(15-18-10-12-20(24-3)13-11-18)22(23)17(2)26-16-19-8-6-5-7-9-19/h4-13,17,21-23H,1,14-16H2,2-3H3. The van der Waals surface area contributed by atoms with Crippen LogP contribution in [0.2, 0.25) is 0 Å². The van der Waals surface area contributed by atoms with Crippen LogP contribution >= 0.6 is 0 Å². The average Bonchev–Trinajstić information content (AvgIpc) is 2.70. The number of aliphatic hydroxyl groups is 1. The molecule has 0 saturated carbocycles. The molecule has 0 radical (unpaired) electrons. The van der Waals surface area contributed by atoms with Gasteiger partial charge in [-0.15, -0.1) is 6.58 Å². The summed E-state index contributed by atoms with van der Waals surface area (Å²) in [7, 11) is 1.64. The second-order valence-electron chi connectivity index (χ2n) is 6.20. The van der Waals surface area contributed by atoms with Gasteiger partial charge in [-0.05, 0) is 30.2 Å². The quantitative estimate of drug-likeness (QED) is 0.623. The van der Waals surface area contributed by atoms with Crippen molar-refractivity contribution in [1.29, 1.82) is 0 Å². The van der Waals surface area contributed by atoms with Crippen LogP contribution in [0.15, 0.2) is 67.3 Å². The van der Waals surface area contributed by atoms with Crippen molar-refractivity contribution in [2.24, 2.45) is 0 Å². The maximum Gasteiger partial charge on any atom is 0.118 e. The van der Waals surface area contributed by atoms with Gasteiger partial charge in [-0.2, -0.15) is 0 Å². The van der Waals surface area contributed by atoms with Gasteiger partial charge in [0.05, 0.1) is 32.5 Å². The van der Waals surface area contributed by atoms with Crippen LogP contribution in [-0.4, -0.2) is 37.1 Å². The fraction of sp³-hybridized carbons (Fsp3) is 0.364. The molecule has 4 heteroatoms. The van der Waals surface area contributed by atoms with E-state index in [2.05, 4.69) is 6.58 Å². The van der Waals surface area contributed by atoms with Gasteiger partial charge in [-0.1, -0.05) is 48.5 Å². The highest BCUT2D eigenvalue weighted by Crippen LogP contribution is 2.18. The molecule has 140 valence electrons. The molecule has 26 heavy (non-hydrogen) atoms. The van der Waals surface area contributed by atoms with Crippen molar-refractivity contribution in [1.82, 2.24) is 0 Å². The zero-order chi connectivity index (χ0) is 18.8. The van der Waals surface area contributed by atoms with E-state index in [0.29, 0.717) is 19.6 Å². The van der Waals surface area contributed by atoms with Gasteiger partial charge in [0, 0.05) is 6.42 Å². The van der Waals surface area contributed by atoms with Crippen LogP contribution in [0.4, 0.5) is 0 Å². The minimum Gasteiger partial charge on any atom is -0.497 e. The Morgan fingerprint density at radius 1 is 1.00 bits per heavy atom. The van der Waals surface area contributed by atoms with Gasteiger partial charge in [0.2, 0.25) is 0 Å². The first kappa shape index (κ1) is 20.2. The van der Waals surface area contributed by atoms with E-state index in [1.54, 1.807) is 13.2 Å². The zero-order valence-corrected chi connectivity index (χ0v) is 15.5. The molecule has 2 rings (SSSR count). The van der Waals surface area contributed by atoms with E-state index in [1.165, 1.54) is 0 Å². The Morgan fingerprint density at radius 2 is 1.69 bits per heavy atom. The van der Waals surface area contributed by atoms with Crippen LogP contribution in [0.3, 0.4) is 0 Å². The third kappa shape index (κ3) is 6.30. The summed E-state index contributed by atoms with van der Waals surface area (Å²) in [6, 6.07) is 17.7. The second kappa shape index (κ2) is 10.8. The maximum absolute atomic E-state index is 10.7. The molecule has 2 aromatic rings. The number of hydrogen-bond acceptors (Lipinski definition) is 4. The van der Waals surface area contributed by atoms with E-state index in [0.717, 1.165) is 16.9 Å². The van der Waals surface area contributed by atoms with Gasteiger partial charge < -0.3 is 19.3 Å². The lowest BCUT2D eigenvalue weighted by Gasteiger charge is -2.28. The van der Waals surface area contributed by atoms with Crippen molar-refractivity contribution >= 4 is 0 Å². The maximum atomic E-state index is 10.7. The molecule has 4 nitrogen and oxygen atoms in total. The van der Waals surface area contributed by atoms with E-state index in [4.69, 9.17) is 14.2 Å². The molecule has 0 aliphatic carbocycles. The number of benzene rings is 2. The lowest BCUT2D eigenvalue weighted by molar-refractivity contribution is -0.104. The third-order valence-electron chi connectivity index (χ3n) is 4.24. The van der Waals surface area contributed by atoms with Crippen LogP contribution in [0.5, 0.6) is 5.75 Å². The summed E-state index contributed by atoms with van der Waals surface area (Å²) >= 11 is 0. The fourth-order valence-electron chi connectivity index (χ4n) is 2.67. The molecule has 0 aliphatic rings. The number of aliphatic hydroxyl groups excluding tert-OH is 1. The lowest BCUT2D eigenvalue weighted by atomic mass is 10.0. The predicted molar refractivity (Wildman–Crippen MR) is 103 cm³/mol. The minimum absolute atomic E-state index is 0.358. The molecule has 0 amide bonds. The van der Waals surface area contributed by atoms with Crippen LogP contribution in [0, 0.1) is 0 Å². The largest absolute Gasteiger partial charge is 0.497 e. The molecule has 3 atom stereocenters. The molecule has 0 fully saturated rings. The molecule has 0 aromatic heterocycles. The SMILES string of the molecule is C=CCOC(Cc1ccc(OC)cc1)C(O)C(C)OCc1ccccc1. The minimum atomic E-state index is -0.749. The Bertz CT molecular complexity index is 639. The summed E-state index contributed by atoms with van der Waals surface area (Å²) in [5, 5.41) is 10.7. The summed E-state index contributed by atoms with van der Waals surface area (Å²) in [6.45, 7) is 6.39. The van der Waals surface area contributed by atoms with Gasteiger partial charge in [0.1, 0.15) is 11.9 Å². The molecular weight excluding hydrogens is 328 g/mol. The fourth-order valence-corrected chi connectivity index (χ4v) is 2.67. The van der Waals surface area contributed by atoms with Gasteiger partial charge in [-0.3, -0.25) is 0 Å². The Hall–Kier alpha value is -2.14. The molecule has 0 spiro atoms. The smallest absolute Gasteiger partial charge is 0.118 e. The van der Waals surface area contributed by atoms with Crippen LogP contribution < -0.4 is 4.74 Å². The monoisotopic (exact) mass is 356 g/mol. The highest BCUT2D eigenvalue weighted by atomic mass is 16.5. The second-order valence-corrected chi connectivity index (χ2v) is 6.20. The van der Waals surface area contributed by atoms with E-state index in [9.17, 15) is 5.11 Å². The summed E-state index contributed by atoms with van der Waals surface area (Å²) in [5.41, 5.74) is 2.14. The molecule has 0 saturated heterocycles. The Kier molecular flexibility index (Phi) is 8.35. The lowest BCUT2D eigenvalue weighted by Crippen LogP contribution is -2.40. The van der Waals surface area contributed by atoms with Gasteiger partial charge >= 0.3 is 0 Å². The van der Waals surface area contributed by atoms with Crippen molar-refractivity contribution in [3.8, 4) is 5.75 Å². The number of ether oxygens (including phenoxy) is 3. The highest BCUT2D eigenvalue weighted by Gasteiger charge is 2.26. The summed E-state index contributed by atoms with van der Waals surface area (Å²) in [6.07, 6.45) is 0.776. The molecule has 3 unspecified atom stereocenters. The number of methoxy groups -OCH3 is 1. The number of hydrogen-bond donors (Lipinski definition) is 1. The third-order valence-corrected chi connectivity index (χ3v) is 4.24. The molecule has 2 aromatic carbocycles. The first-order chi connectivity index (χ1) is 12.6. The average molecular weight is 356 g/mol. The van der Waals surface area contributed by atoms with Crippen LogP contribution in [0.1, 0.15) is 18.1 Å². The van der Waals surface area contributed by atoms with Crippen LogP contribution in [-0.2, 0) is 22.5 Å². The highest BCUT2D eigenvalue weighted by molar-refractivity contribution is 5.27. The van der Waals surface area contributed by atoms with Crippen molar-refractivity contribution in [3.05, 3.63) is 78.4 Å². The van der Waals surface area contributed by atoms with Gasteiger partial charge in [-0.25, -0.2) is 0 Å². The first-order valence-corrected chi connectivity index (χ1v) is 8.83. The van der Waals surface area contributed by atoms with E-state index in [-0.39, 0.29) is 12.2 Å². The Labute approximate surface area is 156 Å². The zero-order valence-electron chi connectivity index (χ0n) is 15.5. The molecule has 0 aliphatic heterocycles.